The number of nitrogens with two attached hydrogens (primary N) is 1. The van der Waals surface area contributed by atoms with Crippen LogP contribution >= 0.6 is 27.5 Å². The third-order valence-corrected chi connectivity index (χ3v) is 15.3. The van der Waals surface area contributed by atoms with E-state index in [0.29, 0.717) is 94.8 Å². The maximum Gasteiger partial charge on any atom is 0.373 e. The number of phenols is 1. The average molecular weight is 1420 g/mol. The van der Waals surface area contributed by atoms with Gasteiger partial charge in [0, 0.05) is 16.8 Å². The van der Waals surface area contributed by atoms with Crippen molar-refractivity contribution in [3.8, 4) is 28.7 Å². The number of fused-ring (bicyclic) bond motifs is 3. The maximum atomic E-state index is 12.8. The molecule has 518 valence electrons. The Morgan fingerprint density at radius 2 is 0.959 bits per heavy atom. The van der Waals surface area contributed by atoms with Crippen LogP contribution in [0.25, 0.3) is 0 Å². The van der Waals surface area contributed by atoms with E-state index in [9.17, 15) is 33.6 Å². The van der Waals surface area contributed by atoms with Gasteiger partial charge in [0.2, 0.25) is 0 Å². The van der Waals surface area contributed by atoms with E-state index in [2.05, 4.69) is 37.6 Å². The zero-order valence-electron chi connectivity index (χ0n) is 55.1. The number of benzene rings is 7. The van der Waals surface area contributed by atoms with E-state index in [-0.39, 0.29) is 48.5 Å². The number of nitrogens with zero attached hydrogens (tertiary/aromatic N) is 2. The van der Waals surface area contributed by atoms with Crippen molar-refractivity contribution >= 4 is 97.8 Å². The van der Waals surface area contributed by atoms with Crippen LogP contribution in [0.15, 0.2) is 146 Å². The number of ether oxygens (including phenoxy) is 7. The number of rotatable bonds is 15. The Kier molecular flexibility index (Phi) is 34.9. The molecule has 3 amide bonds. The van der Waals surface area contributed by atoms with Crippen LogP contribution in [0.1, 0.15) is 130 Å². The molecule has 3 unspecified atom stereocenters. The number of Topliss-reactive ketones (excluding diaryl/α,β-unsaturated/α-hetero) is 1. The molecular formula is C73H84BrClN4O18. The quantitative estimate of drug-likeness (QED) is 0.0185. The van der Waals surface area contributed by atoms with E-state index in [4.69, 9.17) is 60.8 Å². The van der Waals surface area contributed by atoms with Crippen LogP contribution in [0.2, 0.25) is 0 Å². The summed E-state index contributed by atoms with van der Waals surface area (Å²) in [5, 5.41) is 22.0. The number of hydrogen-bond acceptors (Lipinski definition) is 19. The number of esters is 3. The summed E-state index contributed by atoms with van der Waals surface area (Å²) in [4.78, 5) is 103. The third-order valence-electron chi connectivity index (χ3n) is 14.2. The molecule has 0 aliphatic carbocycles. The van der Waals surface area contributed by atoms with Gasteiger partial charge in [-0.1, -0.05) is 123 Å². The van der Waals surface area contributed by atoms with Gasteiger partial charge in [0.25, 0.3) is 17.7 Å². The zero-order valence-corrected chi connectivity index (χ0v) is 57.4. The van der Waals surface area contributed by atoms with Crippen molar-refractivity contribution in [3.63, 3.8) is 0 Å². The number of ketones is 1. The first-order valence-corrected chi connectivity index (χ1v) is 31.9. The molecule has 24 heteroatoms. The minimum absolute atomic E-state index is 0. The monoisotopic (exact) mass is 1420 g/mol. The molecule has 97 heavy (non-hydrogen) atoms. The molecule has 3 atom stereocenters. The van der Waals surface area contributed by atoms with Crippen molar-refractivity contribution in [1.29, 1.82) is 0 Å². The van der Waals surface area contributed by atoms with Gasteiger partial charge in [-0.3, -0.25) is 19.2 Å². The lowest BCUT2D eigenvalue weighted by Crippen LogP contribution is -2.45. The van der Waals surface area contributed by atoms with Crippen LogP contribution in [0.3, 0.4) is 0 Å². The van der Waals surface area contributed by atoms with Crippen LogP contribution in [0.4, 0.5) is 22.7 Å². The van der Waals surface area contributed by atoms with Crippen molar-refractivity contribution in [2.75, 3.05) is 61.2 Å². The summed E-state index contributed by atoms with van der Waals surface area (Å²) in [7, 11) is 5.58. The van der Waals surface area contributed by atoms with E-state index in [1.807, 2.05) is 107 Å². The highest BCUT2D eigenvalue weighted by Crippen LogP contribution is 2.39. The largest absolute Gasteiger partial charge is 0.506 e. The molecule has 22 nitrogen and oxygen atoms in total. The second-order valence-electron chi connectivity index (χ2n) is 21.0. The Bertz CT molecular complexity index is 3610. The first-order chi connectivity index (χ1) is 46.0. The number of nitrogen functional groups attached to an aromatic ring is 1. The number of aromatic hydroxyl groups is 1. The highest BCUT2D eigenvalue weighted by molar-refractivity contribution is 9.09. The smallest absolute Gasteiger partial charge is 0.373 e. The molecule has 10 rings (SSSR count). The number of hydrogen-bond donors (Lipinski definition) is 4. The standard InChI is InChI=1S/2C20H21NO4.C12H13NO4.C8H9ClO.C8H9NO3.C3H7Br.CO2.CH4/c1-4-17-19(22)21(12-14-7-5-13(2)6-8-14)16-11-15(20(23)24-3)9-10-18(16)25-17;1-3-18-20(24)21(11-14-6-4-13(2)5-7-14)16-10-15(17(23)12-22)8-9-19(16)25-18;1-3-9-11(14)13-8-6-7(12(15)16-2)4-5-10(8)17-9;1-10-8-4-2-7(6-9)3-5-8;1-12-8(11)5-2-3-7(10)6(9)4-5;1-2-3-4;2-1-3;/h5-11,17H,4,12H2,1-3H3;4-10,18,22H,3,11-12H2,1-2H3;4-6,9H,3H2,1-2H3,(H,13,14);2-5H,6H2,1H3;2-4,10H,9H2,1H3;2-3H2,1H3;;1H4. The van der Waals surface area contributed by atoms with Crippen LogP contribution < -0.4 is 39.8 Å². The molecule has 0 bridgehead atoms. The molecule has 5 N–H and O–H groups in total. The molecule has 0 aromatic heterocycles. The molecule has 3 aliphatic heterocycles. The van der Waals surface area contributed by atoms with Gasteiger partial charge in [-0.25, -0.2) is 14.4 Å². The van der Waals surface area contributed by atoms with Gasteiger partial charge in [-0.2, -0.15) is 9.59 Å². The number of phenolic OH excluding ortho intramolecular Hbond substituents is 1. The fourth-order valence-corrected chi connectivity index (χ4v) is 9.11. The van der Waals surface area contributed by atoms with Crippen molar-refractivity contribution in [2.45, 2.75) is 112 Å². The van der Waals surface area contributed by atoms with Crippen LogP contribution in [0.5, 0.6) is 28.7 Å². The maximum absolute atomic E-state index is 12.8. The second-order valence-corrected chi connectivity index (χ2v) is 22.1. The Morgan fingerprint density at radius 1 is 0.577 bits per heavy atom. The molecule has 0 spiro atoms. The van der Waals surface area contributed by atoms with Gasteiger partial charge in [0.15, 0.2) is 24.1 Å². The number of nitrogens with one attached hydrogen (secondary N) is 1. The average Bonchev–Trinajstić information content (AvgIpc) is 0.806. The fourth-order valence-electron chi connectivity index (χ4n) is 8.93. The number of alkyl halides is 2. The summed E-state index contributed by atoms with van der Waals surface area (Å²) in [5.41, 5.74) is 14.1. The zero-order chi connectivity index (χ0) is 71.0. The number of carbonyl (C=O) groups excluding carboxylic acids is 9. The lowest BCUT2D eigenvalue weighted by Gasteiger charge is -2.34. The van der Waals surface area contributed by atoms with E-state index in [1.165, 1.54) is 45.9 Å². The summed E-state index contributed by atoms with van der Waals surface area (Å²) in [5.74, 6) is 0.987. The fraction of sp³-hybridized carbons (Fsp3) is 0.315. The normalized spacial score (nSPS) is 14.0. The van der Waals surface area contributed by atoms with Crippen molar-refractivity contribution in [2.24, 2.45) is 0 Å². The number of aliphatic hydroxyl groups excluding tert-OH is 1. The molecule has 3 aliphatic rings. The number of aliphatic hydroxyl groups is 1. The van der Waals surface area contributed by atoms with Crippen LogP contribution in [-0.4, -0.2) is 116 Å². The van der Waals surface area contributed by atoms with E-state index in [1.54, 1.807) is 71.5 Å². The van der Waals surface area contributed by atoms with Gasteiger partial charge in [-0.05, 0) is 141 Å². The molecule has 7 aromatic rings. The lowest BCUT2D eigenvalue weighted by molar-refractivity contribution is -0.191. The number of carbonyl (C=O) groups is 7. The summed E-state index contributed by atoms with van der Waals surface area (Å²) in [6.45, 7) is 12.1. The minimum Gasteiger partial charge on any atom is -0.506 e. The lowest BCUT2D eigenvalue weighted by atomic mass is 10.0. The van der Waals surface area contributed by atoms with Gasteiger partial charge in [0.05, 0.1) is 81.0 Å². The number of amides is 3. The predicted octanol–water partition coefficient (Wildman–Crippen LogP) is 13.0. The van der Waals surface area contributed by atoms with E-state index >= 15 is 0 Å². The van der Waals surface area contributed by atoms with Gasteiger partial charge in [0.1, 0.15) is 35.4 Å². The molecule has 0 saturated heterocycles. The summed E-state index contributed by atoms with van der Waals surface area (Å²) in [6, 6.07) is 42.6. The Hall–Kier alpha value is -10.1. The molecular weight excluding hydrogens is 1340 g/mol. The molecule has 3 heterocycles. The van der Waals surface area contributed by atoms with Crippen LogP contribution in [0, 0.1) is 13.8 Å². The number of aryl methyl sites for hydroxylation is 2. The predicted molar refractivity (Wildman–Crippen MR) is 373 cm³/mol. The van der Waals surface area contributed by atoms with E-state index in [0.717, 1.165) is 38.9 Å². The Balaban J connectivity index is 0.000000318. The summed E-state index contributed by atoms with van der Waals surface area (Å²) < 4.78 is 35.9. The Labute approximate surface area is 579 Å². The van der Waals surface area contributed by atoms with Crippen molar-refractivity contribution < 1.29 is 86.5 Å². The van der Waals surface area contributed by atoms with Gasteiger partial charge < -0.3 is 64.2 Å². The highest BCUT2D eigenvalue weighted by atomic mass is 79.9. The molecule has 0 saturated carbocycles. The first-order valence-electron chi connectivity index (χ1n) is 30.2. The van der Waals surface area contributed by atoms with E-state index < -0.39 is 42.8 Å². The van der Waals surface area contributed by atoms with Crippen molar-refractivity contribution in [3.05, 3.63) is 196 Å². The number of anilines is 4. The number of methoxy groups -OCH3 is 4. The number of halogens is 2. The third kappa shape index (κ3) is 24.0. The van der Waals surface area contributed by atoms with Crippen LogP contribution in [-0.2, 0) is 57.2 Å². The topological polar surface area (TPSA) is 303 Å². The van der Waals surface area contributed by atoms with Crippen molar-refractivity contribution in [1.82, 2.24) is 0 Å². The molecule has 0 radical (unpaired) electrons. The minimum atomic E-state index is -0.566. The highest BCUT2D eigenvalue weighted by Gasteiger charge is 2.36. The second kappa shape index (κ2) is 41.7. The molecule has 7 aromatic carbocycles. The van der Waals surface area contributed by atoms with Gasteiger partial charge in [-0.15, -0.1) is 11.6 Å². The van der Waals surface area contributed by atoms with Gasteiger partial charge >= 0.3 is 24.1 Å². The summed E-state index contributed by atoms with van der Waals surface area (Å²) >= 11 is 8.83. The first kappa shape index (κ1) is 81.2. The SMILES string of the molecule is C.CCC1Oc2ccc(C(=O)CO)cc2N(Cc2ccc(C)cc2)C1=O.CCC1Oc2ccc(C(=O)OC)cc2N(Cc2ccc(C)cc2)C1=O.CCC1Oc2ccc(C(=O)OC)cc2NC1=O.CCCBr.COC(=O)c1ccc(O)c(N)c1.COc1ccc(CCl)cc1.O=C=O. The summed E-state index contributed by atoms with van der Waals surface area (Å²) in [6.07, 6.45) is 1.73. The molecule has 0 fully saturated rings. The Morgan fingerprint density at radius 3 is 1.35 bits per heavy atom.